The SMILES string of the molecule is Cl.Cl.O=C(c1ccc(C2CC2)cn1)N1CCNCC1c1cccc(Cl)c1. The summed E-state index contributed by atoms with van der Waals surface area (Å²) in [6.45, 7) is 2.19. The molecule has 1 amide bonds. The summed E-state index contributed by atoms with van der Waals surface area (Å²) in [4.78, 5) is 19.3. The van der Waals surface area contributed by atoms with Crippen LogP contribution >= 0.6 is 36.4 Å². The van der Waals surface area contributed by atoms with E-state index in [1.54, 1.807) is 0 Å². The fraction of sp³-hybridized carbons (Fsp3) is 0.368. The number of pyridine rings is 1. The lowest BCUT2D eigenvalue weighted by Crippen LogP contribution is -2.48. The quantitative estimate of drug-likeness (QED) is 0.817. The lowest BCUT2D eigenvalue weighted by molar-refractivity contribution is 0.0628. The highest BCUT2D eigenvalue weighted by molar-refractivity contribution is 6.30. The number of benzene rings is 1. The standard InChI is InChI=1S/C19H20ClN3O.2ClH/c20-16-3-1-2-14(10-16)18-12-21-8-9-23(18)19(24)17-7-6-15(11-22-17)13-4-5-13;;/h1-3,6-7,10-11,13,18,21H,4-5,8-9,12H2;2*1H. The number of amides is 1. The number of piperazine rings is 1. The maximum absolute atomic E-state index is 13.0. The average Bonchev–Trinajstić information content (AvgIpc) is 3.46. The molecule has 4 nitrogen and oxygen atoms in total. The Morgan fingerprint density at radius 1 is 1.15 bits per heavy atom. The summed E-state index contributed by atoms with van der Waals surface area (Å²) < 4.78 is 0. The smallest absolute Gasteiger partial charge is 0.273 e. The summed E-state index contributed by atoms with van der Waals surface area (Å²) in [7, 11) is 0. The van der Waals surface area contributed by atoms with Gasteiger partial charge < -0.3 is 10.2 Å². The van der Waals surface area contributed by atoms with Crippen molar-refractivity contribution in [3.8, 4) is 0 Å². The van der Waals surface area contributed by atoms with E-state index in [0.29, 0.717) is 23.2 Å². The van der Waals surface area contributed by atoms with E-state index in [1.807, 2.05) is 41.4 Å². The maximum atomic E-state index is 13.0. The maximum Gasteiger partial charge on any atom is 0.273 e. The van der Waals surface area contributed by atoms with Crippen LogP contribution in [0.4, 0.5) is 0 Å². The Balaban J connectivity index is 0.00000121. The van der Waals surface area contributed by atoms with Crippen LogP contribution in [0.1, 0.15) is 46.4 Å². The topological polar surface area (TPSA) is 45.2 Å². The molecular formula is C19H22Cl3N3O. The minimum absolute atomic E-state index is 0. The molecule has 2 heterocycles. The molecule has 1 aliphatic heterocycles. The Hall–Kier alpha value is -1.33. The van der Waals surface area contributed by atoms with Crippen LogP contribution in [0, 0.1) is 0 Å². The molecule has 2 aromatic rings. The van der Waals surface area contributed by atoms with E-state index in [2.05, 4.69) is 16.4 Å². The molecule has 0 bridgehead atoms. The van der Waals surface area contributed by atoms with Gasteiger partial charge in [-0.3, -0.25) is 9.78 Å². The van der Waals surface area contributed by atoms with Gasteiger partial charge in [0.2, 0.25) is 0 Å². The first-order valence-electron chi connectivity index (χ1n) is 8.45. The zero-order valence-electron chi connectivity index (χ0n) is 14.2. The third-order valence-corrected chi connectivity index (χ3v) is 5.03. The average molecular weight is 415 g/mol. The highest BCUT2D eigenvalue weighted by Gasteiger charge is 2.30. The van der Waals surface area contributed by atoms with E-state index in [1.165, 1.54) is 18.4 Å². The van der Waals surface area contributed by atoms with Crippen LogP contribution in [-0.4, -0.2) is 35.4 Å². The molecule has 0 radical (unpaired) electrons. The van der Waals surface area contributed by atoms with Crippen molar-refractivity contribution in [2.75, 3.05) is 19.6 Å². The predicted octanol–water partition coefficient (Wildman–Crippen LogP) is 4.24. The zero-order valence-corrected chi connectivity index (χ0v) is 16.6. The first-order valence-corrected chi connectivity index (χ1v) is 8.83. The number of carbonyl (C=O) groups is 1. The van der Waals surface area contributed by atoms with Crippen molar-refractivity contribution in [1.82, 2.24) is 15.2 Å². The van der Waals surface area contributed by atoms with Crippen LogP contribution in [0.25, 0.3) is 0 Å². The number of hydrogen-bond donors (Lipinski definition) is 1. The number of aromatic nitrogens is 1. The van der Waals surface area contributed by atoms with Crippen LogP contribution in [0.3, 0.4) is 0 Å². The van der Waals surface area contributed by atoms with Gasteiger partial charge in [0.1, 0.15) is 5.69 Å². The van der Waals surface area contributed by atoms with Crippen molar-refractivity contribution in [2.45, 2.75) is 24.8 Å². The largest absolute Gasteiger partial charge is 0.328 e. The second-order valence-electron chi connectivity index (χ2n) is 6.52. The van der Waals surface area contributed by atoms with Crippen LogP contribution in [-0.2, 0) is 0 Å². The third-order valence-electron chi connectivity index (χ3n) is 4.79. The first kappa shape index (κ1) is 21.0. The van der Waals surface area contributed by atoms with E-state index in [9.17, 15) is 4.79 Å². The van der Waals surface area contributed by atoms with E-state index in [0.717, 1.165) is 18.7 Å². The lowest BCUT2D eigenvalue weighted by Gasteiger charge is -2.36. The fourth-order valence-corrected chi connectivity index (χ4v) is 3.49. The van der Waals surface area contributed by atoms with E-state index in [4.69, 9.17) is 11.6 Å². The van der Waals surface area contributed by atoms with Gasteiger partial charge in [-0.2, -0.15) is 0 Å². The molecule has 26 heavy (non-hydrogen) atoms. The number of hydrogen-bond acceptors (Lipinski definition) is 3. The second-order valence-corrected chi connectivity index (χ2v) is 6.96. The van der Waals surface area contributed by atoms with Crippen LogP contribution in [0.15, 0.2) is 42.6 Å². The summed E-state index contributed by atoms with van der Waals surface area (Å²) >= 11 is 6.13. The normalized spacial score (nSPS) is 19.3. The van der Waals surface area contributed by atoms with E-state index < -0.39 is 0 Å². The van der Waals surface area contributed by atoms with Gasteiger partial charge in [0.25, 0.3) is 5.91 Å². The van der Waals surface area contributed by atoms with Crippen molar-refractivity contribution >= 4 is 42.3 Å². The van der Waals surface area contributed by atoms with Crippen molar-refractivity contribution < 1.29 is 4.79 Å². The van der Waals surface area contributed by atoms with Crippen molar-refractivity contribution in [1.29, 1.82) is 0 Å². The Bertz CT molecular complexity index is 750. The lowest BCUT2D eigenvalue weighted by atomic mass is 10.0. The van der Waals surface area contributed by atoms with Gasteiger partial charge in [0.15, 0.2) is 0 Å². The minimum Gasteiger partial charge on any atom is -0.328 e. The zero-order chi connectivity index (χ0) is 16.5. The van der Waals surface area contributed by atoms with Crippen molar-refractivity contribution in [3.63, 3.8) is 0 Å². The second kappa shape index (κ2) is 9.05. The van der Waals surface area contributed by atoms with Gasteiger partial charge >= 0.3 is 0 Å². The molecule has 1 unspecified atom stereocenters. The molecule has 1 N–H and O–H groups in total. The fourth-order valence-electron chi connectivity index (χ4n) is 3.30. The van der Waals surface area contributed by atoms with Gasteiger partial charge in [0, 0.05) is 30.9 Å². The van der Waals surface area contributed by atoms with Crippen molar-refractivity contribution in [3.05, 3.63) is 64.4 Å². The molecule has 2 fully saturated rings. The van der Waals surface area contributed by atoms with Gasteiger partial charge in [-0.1, -0.05) is 29.8 Å². The molecule has 1 aromatic carbocycles. The third kappa shape index (κ3) is 4.49. The number of carbonyl (C=O) groups excluding carboxylic acids is 1. The van der Waals surface area contributed by atoms with Crippen LogP contribution in [0.2, 0.25) is 5.02 Å². The predicted molar refractivity (Wildman–Crippen MR) is 109 cm³/mol. The van der Waals surface area contributed by atoms with Gasteiger partial charge in [-0.25, -0.2) is 0 Å². The Morgan fingerprint density at radius 3 is 2.62 bits per heavy atom. The monoisotopic (exact) mass is 413 g/mol. The summed E-state index contributed by atoms with van der Waals surface area (Å²) in [5.41, 5.74) is 2.82. The summed E-state index contributed by atoms with van der Waals surface area (Å²) in [5.74, 6) is 0.642. The number of rotatable bonds is 3. The highest BCUT2D eigenvalue weighted by Crippen LogP contribution is 2.39. The molecule has 2 aliphatic rings. The summed E-state index contributed by atoms with van der Waals surface area (Å²) in [6.07, 6.45) is 4.34. The molecule has 0 spiro atoms. The van der Waals surface area contributed by atoms with Crippen LogP contribution in [0.5, 0.6) is 0 Å². The molecule has 1 aromatic heterocycles. The number of nitrogens with zero attached hydrogens (tertiary/aromatic N) is 2. The Labute approximate surface area is 171 Å². The molecule has 7 heteroatoms. The molecular weight excluding hydrogens is 393 g/mol. The molecule has 140 valence electrons. The number of halogens is 3. The van der Waals surface area contributed by atoms with E-state index >= 15 is 0 Å². The molecule has 1 saturated carbocycles. The molecule has 1 aliphatic carbocycles. The summed E-state index contributed by atoms with van der Waals surface area (Å²) in [6, 6.07) is 11.6. The molecule has 1 atom stereocenters. The van der Waals surface area contributed by atoms with E-state index in [-0.39, 0.29) is 36.8 Å². The Morgan fingerprint density at radius 2 is 1.96 bits per heavy atom. The van der Waals surface area contributed by atoms with Gasteiger partial charge in [-0.15, -0.1) is 24.8 Å². The Kier molecular flexibility index (Phi) is 7.30. The van der Waals surface area contributed by atoms with Crippen LogP contribution < -0.4 is 5.32 Å². The summed E-state index contributed by atoms with van der Waals surface area (Å²) in [5, 5.41) is 4.06. The van der Waals surface area contributed by atoms with Gasteiger partial charge in [-0.05, 0) is 48.1 Å². The van der Waals surface area contributed by atoms with Gasteiger partial charge in [0.05, 0.1) is 6.04 Å². The minimum atomic E-state index is -0.0186. The molecule has 4 rings (SSSR count). The molecule has 1 saturated heterocycles. The highest BCUT2D eigenvalue weighted by atomic mass is 35.5. The van der Waals surface area contributed by atoms with Crippen molar-refractivity contribution in [2.24, 2.45) is 0 Å². The first-order chi connectivity index (χ1) is 11.7. The number of nitrogens with one attached hydrogen (secondary N) is 1.